The molecule has 0 bridgehead atoms. The summed E-state index contributed by atoms with van der Waals surface area (Å²) in [5, 5.41) is 11.9. The number of carbonyl (C=O) groups is 1. The maximum absolute atomic E-state index is 11.5. The fourth-order valence-electron chi connectivity index (χ4n) is 1.38. The molecule has 1 saturated carbocycles. The molecule has 15 heavy (non-hydrogen) atoms. The number of aliphatic hydroxyl groups excluding tert-OH is 1. The summed E-state index contributed by atoms with van der Waals surface area (Å²) in [7, 11) is 0. The molecule has 0 aromatic rings. The van der Waals surface area contributed by atoms with E-state index in [0.717, 1.165) is 12.8 Å². The molecule has 0 aromatic heterocycles. The van der Waals surface area contributed by atoms with Crippen LogP contribution in [0.2, 0.25) is 0 Å². The zero-order chi connectivity index (χ0) is 11.5. The molecule has 1 atom stereocenters. The highest BCUT2D eigenvalue weighted by molar-refractivity contribution is 5.76. The van der Waals surface area contributed by atoms with Crippen LogP contribution in [-0.2, 0) is 4.79 Å². The lowest BCUT2D eigenvalue weighted by atomic mass is 10.0. The summed E-state index contributed by atoms with van der Waals surface area (Å²) in [5.74, 6) is 0.319. The van der Waals surface area contributed by atoms with Crippen molar-refractivity contribution in [1.29, 1.82) is 0 Å². The van der Waals surface area contributed by atoms with Gasteiger partial charge in [-0.15, -0.1) is 0 Å². The van der Waals surface area contributed by atoms with E-state index in [4.69, 9.17) is 10.8 Å². The molecule has 4 heteroatoms. The molecular weight excluding hydrogens is 192 g/mol. The van der Waals surface area contributed by atoms with Crippen LogP contribution in [0.15, 0.2) is 0 Å². The third-order valence-electron chi connectivity index (χ3n) is 3.23. The molecule has 0 heterocycles. The van der Waals surface area contributed by atoms with Crippen molar-refractivity contribution in [2.75, 3.05) is 13.2 Å². The predicted octanol–water partition coefficient (Wildman–Crippen LogP) is 0.248. The minimum atomic E-state index is -0.0747. The Bertz CT molecular complexity index is 225. The van der Waals surface area contributed by atoms with Crippen LogP contribution in [0.3, 0.4) is 0 Å². The van der Waals surface area contributed by atoms with Crippen molar-refractivity contribution in [3.05, 3.63) is 0 Å². The fraction of sp³-hybridized carbons (Fsp3) is 0.909. The molecule has 0 spiro atoms. The number of amides is 1. The van der Waals surface area contributed by atoms with Gasteiger partial charge in [-0.25, -0.2) is 0 Å². The van der Waals surface area contributed by atoms with E-state index in [9.17, 15) is 4.79 Å². The van der Waals surface area contributed by atoms with Gasteiger partial charge in [0.1, 0.15) is 0 Å². The molecule has 1 amide bonds. The first-order valence-corrected chi connectivity index (χ1v) is 5.62. The third-order valence-corrected chi connectivity index (χ3v) is 3.23. The Morgan fingerprint density at radius 3 is 2.53 bits per heavy atom. The second-order valence-electron chi connectivity index (χ2n) is 5.05. The first-order chi connectivity index (χ1) is 6.99. The van der Waals surface area contributed by atoms with E-state index in [-0.39, 0.29) is 24.0 Å². The van der Waals surface area contributed by atoms with Crippen LogP contribution in [0.5, 0.6) is 0 Å². The molecule has 0 saturated heterocycles. The Kier molecular flexibility index (Phi) is 4.11. The van der Waals surface area contributed by atoms with Crippen molar-refractivity contribution in [3.8, 4) is 0 Å². The minimum Gasteiger partial charge on any atom is -0.396 e. The van der Waals surface area contributed by atoms with E-state index in [1.807, 2.05) is 13.8 Å². The number of aliphatic hydroxyl groups is 1. The van der Waals surface area contributed by atoms with Crippen molar-refractivity contribution in [3.63, 3.8) is 0 Å². The fourth-order valence-corrected chi connectivity index (χ4v) is 1.38. The molecule has 0 aliphatic heterocycles. The molecule has 1 aliphatic carbocycles. The lowest BCUT2D eigenvalue weighted by Gasteiger charge is -2.17. The van der Waals surface area contributed by atoms with E-state index in [2.05, 4.69) is 5.32 Å². The third kappa shape index (κ3) is 3.80. The molecule has 0 radical (unpaired) electrons. The number of nitrogens with two attached hydrogens (primary N) is 1. The summed E-state index contributed by atoms with van der Waals surface area (Å²) in [6.07, 6.45) is 2.40. The minimum absolute atomic E-state index is 0.00377. The zero-order valence-corrected chi connectivity index (χ0v) is 9.62. The summed E-state index contributed by atoms with van der Waals surface area (Å²) in [6.45, 7) is 4.78. The summed E-state index contributed by atoms with van der Waals surface area (Å²) in [6, 6.07) is -0.0747. The Morgan fingerprint density at radius 2 is 2.13 bits per heavy atom. The second kappa shape index (κ2) is 4.94. The van der Waals surface area contributed by atoms with Gasteiger partial charge >= 0.3 is 0 Å². The lowest BCUT2D eigenvalue weighted by molar-refractivity contribution is -0.121. The van der Waals surface area contributed by atoms with Gasteiger partial charge in [-0.2, -0.15) is 0 Å². The van der Waals surface area contributed by atoms with Gasteiger partial charge in [-0.1, -0.05) is 13.8 Å². The van der Waals surface area contributed by atoms with Crippen LogP contribution in [0.25, 0.3) is 0 Å². The Hall–Kier alpha value is -0.610. The van der Waals surface area contributed by atoms with Crippen molar-refractivity contribution in [2.45, 2.75) is 39.2 Å². The number of rotatable bonds is 6. The van der Waals surface area contributed by atoms with Gasteiger partial charge in [-0.05, 0) is 18.8 Å². The quantitative estimate of drug-likeness (QED) is 0.593. The molecule has 1 rings (SSSR count). The Balaban J connectivity index is 2.19. The highest BCUT2D eigenvalue weighted by atomic mass is 16.3. The maximum Gasteiger partial charge on any atom is 0.221 e. The van der Waals surface area contributed by atoms with Gasteiger partial charge < -0.3 is 16.2 Å². The predicted molar refractivity (Wildman–Crippen MR) is 59.2 cm³/mol. The smallest absolute Gasteiger partial charge is 0.221 e. The topological polar surface area (TPSA) is 75.4 Å². The number of nitrogens with one attached hydrogen (secondary N) is 1. The summed E-state index contributed by atoms with van der Waals surface area (Å²) < 4.78 is 0. The van der Waals surface area contributed by atoms with Crippen LogP contribution in [0.1, 0.15) is 33.1 Å². The van der Waals surface area contributed by atoms with Crippen LogP contribution < -0.4 is 11.1 Å². The van der Waals surface area contributed by atoms with E-state index in [1.54, 1.807) is 0 Å². The van der Waals surface area contributed by atoms with Crippen molar-refractivity contribution >= 4 is 5.91 Å². The normalized spacial score (nSPS) is 20.1. The van der Waals surface area contributed by atoms with Crippen molar-refractivity contribution in [1.82, 2.24) is 5.32 Å². The van der Waals surface area contributed by atoms with E-state index >= 15 is 0 Å². The van der Waals surface area contributed by atoms with Gasteiger partial charge in [0.2, 0.25) is 5.91 Å². The summed E-state index contributed by atoms with van der Waals surface area (Å²) >= 11 is 0. The van der Waals surface area contributed by atoms with Crippen LogP contribution in [-0.4, -0.2) is 30.2 Å². The van der Waals surface area contributed by atoms with Crippen LogP contribution in [0.4, 0.5) is 0 Å². The first kappa shape index (κ1) is 12.5. The van der Waals surface area contributed by atoms with Gasteiger partial charge in [-0.3, -0.25) is 4.79 Å². The van der Waals surface area contributed by atoms with Gasteiger partial charge in [0, 0.05) is 24.4 Å². The number of carbonyl (C=O) groups excluding carboxylic acids is 1. The van der Waals surface area contributed by atoms with Crippen LogP contribution in [0, 0.1) is 11.3 Å². The molecule has 4 nitrogen and oxygen atoms in total. The van der Waals surface area contributed by atoms with E-state index < -0.39 is 0 Å². The average molecular weight is 214 g/mol. The van der Waals surface area contributed by atoms with Crippen molar-refractivity contribution in [2.24, 2.45) is 17.1 Å². The molecule has 1 fully saturated rings. The maximum atomic E-state index is 11.5. The van der Waals surface area contributed by atoms with Crippen molar-refractivity contribution < 1.29 is 9.90 Å². The summed E-state index contributed by atoms with van der Waals surface area (Å²) in [4.78, 5) is 11.5. The molecule has 88 valence electrons. The summed E-state index contributed by atoms with van der Waals surface area (Å²) in [5.41, 5.74) is 5.78. The highest BCUT2D eigenvalue weighted by Gasteiger charge is 2.42. The molecule has 1 aliphatic rings. The number of hydrogen-bond donors (Lipinski definition) is 3. The molecule has 1 unspecified atom stereocenters. The Morgan fingerprint density at radius 1 is 1.53 bits per heavy atom. The van der Waals surface area contributed by atoms with Crippen LogP contribution >= 0.6 is 0 Å². The van der Waals surface area contributed by atoms with Gasteiger partial charge in [0.15, 0.2) is 0 Å². The number of hydrogen-bond acceptors (Lipinski definition) is 3. The highest BCUT2D eigenvalue weighted by Crippen LogP contribution is 2.44. The largest absolute Gasteiger partial charge is 0.396 e. The molecule has 4 N–H and O–H groups in total. The van der Waals surface area contributed by atoms with E-state index in [1.165, 1.54) is 0 Å². The standard InChI is InChI=1S/C11H22N2O2/c1-8(2)9(12)5-10(15)13-6-11(7-14)3-4-11/h8-9,14H,3-7,12H2,1-2H3,(H,13,15). The Labute approximate surface area is 91.2 Å². The molecule has 0 aromatic carbocycles. The SMILES string of the molecule is CC(C)C(N)CC(=O)NCC1(CO)CC1. The lowest BCUT2D eigenvalue weighted by Crippen LogP contribution is -2.37. The zero-order valence-electron chi connectivity index (χ0n) is 9.62. The monoisotopic (exact) mass is 214 g/mol. The second-order valence-corrected chi connectivity index (χ2v) is 5.05. The first-order valence-electron chi connectivity index (χ1n) is 5.62. The van der Waals surface area contributed by atoms with E-state index in [0.29, 0.717) is 18.9 Å². The molecular formula is C11H22N2O2. The van der Waals surface area contributed by atoms with Gasteiger partial charge in [0.25, 0.3) is 0 Å². The average Bonchev–Trinajstić information content (AvgIpc) is 2.95. The van der Waals surface area contributed by atoms with Gasteiger partial charge in [0.05, 0.1) is 6.61 Å².